The SMILES string of the molecule is c1nc2c(c(N3CCN(C4CCC4)CC3)n1)CCN(Cc1ccc(N3CCCC3)nc1)C2. The maximum absolute atomic E-state index is 4.74. The summed E-state index contributed by atoms with van der Waals surface area (Å²) < 4.78 is 0. The number of pyridine rings is 1. The molecule has 5 heterocycles. The maximum Gasteiger partial charge on any atom is 0.135 e. The first-order chi connectivity index (χ1) is 15.8. The van der Waals surface area contributed by atoms with Gasteiger partial charge in [-0.2, -0.15) is 0 Å². The number of rotatable bonds is 5. The topological polar surface area (TPSA) is 51.6 Å². The van der Waals surface area contributed by atoms with Crippen LogP contribution in [-0.2, 0) is 19.5 Å². The van der Waals surface area contributed by atoms with Crippen molar-refractivity contribution >= 4 is 11.6 Å². The predicted molar refractivity (Wildman–Crippen MR) is 127 cm³/mol. The van der Waals surface area contributed by atoms with Gasteiger partial charge in [0.25, 0.3) is 0 Å². The van der Waals surface area contributed by atoms with Crippen molar-refractivity contribution in [2.45, 2.75) is 57.7 Å². The smallest absolute Gasteiger partial charge is 0.135 e. The van der Waals surface area contributed by atoms with Crippen molar-refractivity contribution < 1.29 is 0 Å². The van der Waals surface area contributed by atoms with Crippen molar-refractivity contribution in [3.63, 3.8) is 0 Å². The molecule has 0 radical (unpaired) electrons. The first-order valence-electron chi connectivity index (χ1n) is 12.6. The normalized spacial score (nSPS) is 22.8. The van der Waals surface area contributed by atoms with Crippen LogP contribution in [0.4, 0.5) is 11.6 Å². The third-order valence-electron chi connectivity index (χ3n) is 7.91. The molecule has 170 valence electrons. The lowest BCUT2D eigenvalue weighted by atomic mass is 9.91. The van der Waals surface area contributed by atoms with Gasteiger partial charge in [-0.15, -0.1) is 0 Å². The van der Waals surface area contributed by atoms with Crippen molar-refractivity contribution in [3.05, 3.63) is 41.5 Å². The second kappa shape index (κ2) is 8.94. The molecule has 7 nitrogen and oxygen atoms in total. The Hall–Kier alpha value is -2.25. The average Bonchev–Trinajstić information content (AvgIpc) is 3.34. The number of nitrogens with zero attached hydrogens (tertiary/aromatic N) is 7. The zero-order valence-electron chi connectivity index (χ0n) is 19.1. The highest BCUT2D eigenvalue weighted by Gasteiger charge is 2.30. The van der Waals surface area contributed by atoms with E-state index in [1.165, 1.54) is 67.8 Å². The fourth-order valence-electron chi connectivity index (χ4n) is 5.75. The van der Waals surface area contributed by atoms with Crippen LogP contribution < -0.4 is 9.80 Å². The summed E-state index contributed by atoms with van der Waals surface area (Å²) in [7, 11) is 0. The van der Waals surface area contributed by atoms with Crippen molar-refractivity contribution in [1.29, 1.82) is 0 Å². The average molecular weight is 434 g/mol. The molecule has 32 heavy (non-hydrogen) atoms. The molecule has 2 aromatic heterocycles. The number of fused-ring (bicyclic) bond motifs is 1. The Morgan fingerprint density at radius 1 is 0.812 bits per heavy atom. The third kappa shape index (κ3) is 4.08. The summed E-state index contributed by atoms with van der Waals surface area (Å²) in [5, 5.41) is 0. The summed E-state index contributed by atoms with van der Waals surface area (Å²) in [5.74, 6) is 2.32. The Balaban J connectivity index is 1.09. The molecule has 2 aromatic rings. The van der Waals surface area contributed by atoms with Gasteiger partial charge in [0, 0.05) is 76.7 Å². The van der Waals surface area contributed by atoms with Crippen molar-refractivity contribution in [2.75, 3.05) is 55.6 Å². The highest BCUT2D eigenvalue weighted by molar-refractivity contribution is 5.50. The molecule has 0 spiro atoms. The first-order valence-corrected chi connectivity index (χ1v) is 12.6. The van der Waals surface area contributed by atoms with Gasteiger partial charge in [-0.25, -0.2) is 15.0 Å². The van der Waals surface area contributed by atoms with E-state index in [9.17, 15) is 0 Å². The van der Waals surface area contributed by atoms with Crippen LogP contribution in [0.5, 0.6) is 0 Å². The minimum atomic E-state index is 0.851. The van der Waals surface area contributed by atoms with E-state index in [0.717, 1.165) is 64.1 Å². The van der Waals surface area contributed by atoms with E-state index >= 15 is 0 Å². The molecule has 1 saturated carbocycles. The second-order valence-electron chi connectivity index (χ2n) is 9.91. The molecule has 3 aliphatic heterocycles. The molecule has 0 unspecified atom stereocenters. The molecule has 4 aliphatic rings. The molecule has 0 atom stereocenters. The van der Waals surface area contributed by atoms with E-state index in [0.29, 0.717) is 0 Å². The van der Waals surface area contributed by atoms with Crippen molar-refractivity contribution in [1.82, 2.24) is 24.8 Å². The van der Waals surface area contributed by atoms with Crippen LogP contribution in [0.3, 0.4) is 0 Å². The van der Waals surface area contributed by atoms with Crippen LogP contribution in [0, 0.1) is 0 Å². The van der Waals surface area contributed by atoms with E-state index in [1.807, 2.05) is 0 Å². The fraction of sp³-hybridized carbons (Fsp3) is 0.640. The van der Waals surface area contributed by atoms with Gasteiger partial charge in [-0.05, 0) is 43.7 Å². The Morgan fingerprint density at radius 2 is 1.66 bits per heavy atom. The monoisotopic (exact) mass is 433 g/mol. The summed E-state index contributed by atoms with van der Waals surface area (Å²) in [4.78, 5) is 24.3. The van der Waals surface area contributed by atoms with Crippen molar-refractivity contribution in [3.8, 4) is 0 Å². The lowest BCUT2D eigenvalue weighted by Gasteiger charge is -2.43. The molecule has 0 bridgehead atoms. The van der Waals surface area contributed by atoms with E-state index in [-0.39, 0.29) is 0 Å². The van der Waals surface area contributed by atoms with Crippen LogP contribution in [0.2, 0.25) is 0 Å². The molecule has 1 aliphatic carbocycles. The Bertz CT molecular complexity index is 912. The number of aromatic nitrogens is 3. The quantitative estimate of drug-likeness (QED) is 0.719. The van der Waals surface area contributed by atoms with Gasteiger partial charge in [0.15, 0.2) is 0 Å². The predicted octanol–water partition coefficient (Wildman–Crippen LogP) is 2.70. The summed E-state index contributed by atoms with van der Waals surface area (Å²) >= 11 is 0. The van der Waals surface area contributed by atoms with Gasteiger partial charge in [-0.1, -0.05) is 12.5 Å². The van der Waals surface area contributed by atoms with Crippen LogP contribution in [0.1, 0.15) is 48.9 Å². The van der Waals surface area contributed by atoms with Gasteiger partial charge in [0.05, 0.1) is 5.69 Å². The van der Waals surface area contributed by atoms with Gasteiger partial charge in [0.1, 0.15) is 18.0 Å². The highest BCUT2D eigenvalue weighted by Crippen LogP contribution is 2.30. The zero-order valence-corrected chi connectivity index (χ0v) is 19.1. The number of anilines is 2. The van der Waals surface area contributed by atoms with Gasteiger partial charge >= 0.3 is 0 Å². The number of piperazine rings is 1. The summed E-state index contributed by atoms with van der Waals surface area (Å²) in [5.41, 5.74) is 3.88. The van der Waals surface area contributed by atoms with Crippen LogP contribution in [-0.4, -0.2) is 76.6 Å². The summed E-state index contributed by atoms with van der Waals surface area (Å²) in [6.07, 6.45) is 11.7. The minimum Gasteiger partial charge on any atom is -0.357 e. The summed E-state index contributed by atoms with van der Waals surface area (Å²) in [6, 6.07) is 5.30. The van der Waals surface area contributed by atoms with Gasteiger partial charge in [-0.3, -0.25) is 9.80 Å². The van der Waals surface area contributed by atoms with Gasteiger partial charge in [0.2, 0.25) is 0 Å². The summed E-state index contributed by atoms with van der Waals surface area (Å²) in [6.45, 7) is 9.74. The first kappa shape index (κ1) is 20.4. The van der Waals surface area contributed by atoms with Crippen LogP contribution in [0.25, 0.3) is 0 Å². The fourth-order valence-corrected chi connectivity index (χ4v) is 5.75. The van der Waals surface area contributed by atoms with Crippen LogP contribution in [0.15, 0.2) is 24.7 Å². The number of hydrogen-bond acceptors (Lipinski definition) is 7. The van der Waals surface area contributed by atoms with E-state index < -0.39 is 0 Å². The molecular formula is C25H35N7. The lowest BCUT2D eigenvalue weighted by Crippen LogP contribution is -2.52. The molecule has 0 N–H and O–H groups in total. The minimum absolute atomic E-state index is 0.851. The molecule has 7 heteroatoms. The zero-order chi connectivity index (χ0) is 21.3. The Morgan fingerprint density at radius 3 is 2.38 bits per heavy atom. The third-order valence-corrected chi connectivity index (χ3v) is 7.91. The molecule has 0 aromatic carbocycles. The largest absolute Gasteiger partial charge is 0.357 e. The molecule has 3 fully saturated rings. The standard InChI is InChI=1S/C25H35N7/c1-2-10-31(9-1)24-7-6-20(16-26-24)17-29-11-8-22-23(18-29)27-19-28-25(22)32-14-12-30(13-15-32)21-4-3-5-21/h6-7,16,19,21H,1-5,8-15,17-18H2. The van der Waals surface area contributed by atoms with Gasteiger partial charge < -0.3 is 9.80 Å². The lowest BCUT2D eigenvalue weighted by molar-refractivity contribution is 0.120. The Labute approximate surface area is 191 Å². The highest BCUT2D eigenvalue weighted by atomic mass is 15.3. The number of hydrogen-bond donors (Lipinski definition) is 0. The molecule has 0 amide bonds. The van der Waals surface area contributed by atoms with Crippen LogP contribution >= 0.6 is 0 Å². The molecular weight excluding hydrogens is 398 g/mol. The van der Waals surface area contributed by atoms with E-state index in [1.54, 1.807) is 6.33 Å². The maximum atomic E-state index is 4.74. The molecule has 2 saturated heterocycles. The Kier molecular flexibility index (Phi) is 5.69. The molecule has 6 rings (SSSR count). The second-order valence-corrected chi connectivity index (χ2v) is 9.91. The van der Waals surface area contributed by atoms with E-state index in [4.69, 9.17) is 9.97 Å². The van der Waals surface area contributed by atoms with E-state index in [2.05, 4.69) is 42.9 Å². The van der Waals surface area contributed by atoms with Crippen molar-refractivity contribution in [2.24, 2.45) is 0 Å².